The Morgan fingerprint density at radius 1 is 0.857 bits per heavy atom. The lowest BCUT2D eigenvalue weighted by Crippen LogP contribution is -2.24. The van der Waals surface area contributed by atoms with Gasteiger partial charge in [0.15, 0.2) is 0 Å². The highest BCUT2D eigenvalue weighted by Gasteiger charge is 2.19. The Morgan fingerprint density at radius 3 is 2.05 bits per heavy atom. The van der Waals surface area contributed by atoms with Gasteiger partial charge in [0.2, 0.25) is 10.0 Å². The van der Waals surface area contributed by atoms with Gasteiger partial charge in [-0.3, -0.25) is 0 Å². The fourth-order valence-corrected chi connectivity index (χ4v) is 2.74. The molecule has 2 aromatic rings. The lowest BCUT2D eigenvalue weighted by atomic mass is 10.2. The summed E-state index contributed by atoms with van der Waals surface area (Å²) in [6, 6.07) is 4.49. The van der Waals surface area contributed by atoms with Crippen molar-refractivity contribution in [2.75, 3.05) is 0 Å². The van der Waals surface area contributed by atoms with Crippen molar-refractivity contribution < 1.29 is 26.0 Å². The average molecular weight is 319 g/mol. The first kappa shape index (κ1) is 15.5. The molecule has 21 heavy (non-hydrogen) atoms. The second-order valence-corrected chi connectivity index (χ2v) is 5.91. The molecule has 0 atom stereocenters. The summed E-state index contributed by atoms with van der Waals surface area (Å²) in [4.78, 5) is -0.749. The van der Waals surface area contributed by atoms with Crippen molar-refractivity contribution in [3.05, 3.63) is 65.2 Å². The predicted molar refractivity (Wildman–Crippen MR) is 66.7 cm³/mol. The molecule has 2 aromatic carbocycles. The number of benzene rings is 2. The van der Waals surface area contributed by atoms with E-state index < -0.39 is 44.7 Å². The lowest BCUT2D eigenvalue weighted by Gasteiger charge is -2.08. The minimum atomic E-state index is -4.27. The van der Waals surface area contributed by atoms with Crippen molar-refractivity contribution in [3.8, 4) is 0 Å². The van der Waals surface area contributed by atoms with Crippen molar-refractivity contribution in [3.63, 3.8) is 0 Å². The summed E-state index contributed by atoms with van der Waals surface area (Å²) in [6.45, 7) is -0.437. The first-order valence-corrected chi connectivity index (χ1v) is 7.16. The van der Waals surface area contributed by atoms with Crippen LogP contribution in [-0.2, 0) is 16.6 Å². The zero-order valence-electron chi connectivity index (χ0n) is 10.4. The first-order chi connectivity index (χ1) is 9.78. The molecule has 1 N–H and O–H groups in total. The van der Waals surface area contributed by atoms with E-state index in [-0.39, 0.29) is 5.56 Å². The molecule has 112 valence electrons. The van der Waals surface area contributed by atoms with Crippen LogP contribution in [0.5, 0.6) is 0 Å². The second kappa shape index (κ2) is 5.82. The van der Waals surface area contributed by atoms with Crippen LogP contribution in [-0.4, -0.2) is 8.42 Å². The van der Waals surface area contributed by atoms with Crippen molar-refractivity contribution in [1.82, 2.24) is 4.72 Å². The molecule has 0 fully saturated rings. The van der Waals surface area contributed by atoms with Gasteiger partial charge in [-0.2, -0.15) is 0 Å². The number of rotatable bonds is 4. The van der Waals surface area contributed by atoms with Crippen LogP contribution in [0.3, 0.4) is 0 Å². The van der Waals surface area contributed by atoms with Crippen LogP contribution >= 0.6 is 0 Å². The van der Waals surface area contributed by atoms with E-state index in [2.05, 4.69) is 0 Å². The van der Waals surface area contributed by atoms with Gasteiger partial charge in [0, 0.05) is 18.7 Å². The number of sulfonamides is 1. The monoisotopic (exact) mass is 319 g/mol. The Bertz CT molecular complexity index is 757. The summed E-state index contributed by atoms with van der Waals surface area (Å²) in [5.41, 5.74) is 0.0265. The van der Waals surface area contributed by atoms with Crippen LogP contribution in [0.15, 0.2) is 41.3 Å². The summed E-state index contributed by atoms with van der Waals surface area (Å²) >= 11 is 0. The molecule has 0 aliphatic carbocycles. The van der Waals surface area contributed by atoms with E-state index in [1.165, 1.54) is 0 Å². The molecule has 0 aliphatic heterocycles. The van der Waals surface area contributed by atoms with Gasteiger partial charge in [-0.15, -0.1) is 0 Å². The van der Waals surface area contributed by atoms with Gasteiger partial charge in [-0.1, -0.05) is 0 Å². The predicted octanol–water partition coefficient (Wildman–Crippen LogP) is 2.72. The van der Waals surface area contributed by atoms with E-state index in [9.17, 15) is 26.0 Å². The second-order valence-electron chi connectivity index (χ2n) is 4.18. The van der Waals surface area contributed by atoms with Crippen molar-refractivity contribution in [1.29, 1.82) is 0 Å². The summed E-state index contributed by atoms with van der Waals surface area (Å²) < 4.78 is 77.8. The van der Waals surface area contributed by atoms with Gasteiger partial charge in [-0.25, -0.2) is 30.7 Å². The summed E-state index contributed by atoms with van der Waals surface area (Å²) in [5.74, 6) is -3.90. The normalized spacial score (nSPS) is 11.6. The maximum Gasteiger partial charge on any atom is 0.243 e. The molecule has 0 heterocycles. The molecule has 0 bridgehead atoms. The molecular formula is C13H9F4NO2S. The molecule has 0 saturated carbocycles. The molecule has 0 unspecified atom stereocenters. The number of halogens is 4. The third-order valence-corrected chi connectivity index (χ3v) is 4.01. The minimum absolute atomic E-state index is 0.0265. The van der Waals surface area contributed by atoms with E-state index in [0.29, 0.717) is 12.1 Å². The number of hydrogen-bond donors (Lipinski definition) is 1. The third-order valence-electron chi connectivity index (χ3n) is 2.57. The van der Waals surface area contributed by atoms with Crippen LogP contribution in [0.1, 0.15) is 5.56 Å². The van der Waals surface area contributed by atoms with E-state index in [1.54, 1.807) is 0 Å². The van der Waals surface area contributed by atoms with Crippen LogP contribution in [0.25, 0.3) is 0 Å². The largest absolute Gasteiger partial charge is 0.243 e. The van der Waals surface area contributed by atoms with E-state index in [4.69, 9.17) is 0 Å². The summed E-state index contributed by atoms with van der Waals surface area (Å²) in [6.07, 6.45) is 0. The van der Waals surface area contributed by atoms with Crippen molar-refractivity contribution in [2.45, 2.75) is 11.4 Å². The maximum absolute atomic E-state index is 13.4. The van der Waals surface area contributed by atoms with Crippen molar-refractivity contribution in [2.24, 2.45) is 0 Å². The molecule has 0 aliphatic rings. The minimum Gasteiger partial charge on any atom is -0.207 e. The zero-order chi connectivity index (χ0) is 15.6. The molecular weight excluding hydrogens is 310 g/mol. The molecule has 8 heteroatoms. The molecule has 0 radical (unpaired) electrons. The molecule has 3 nitrogen and oxygen atoms in total. The van der Waals surface area contributed by atoms with Gasteiger partial charge in [0.25, 0.3) is 0 Å². The van der Waals surface area contributed by atoms with Crippen LogP contribution in [0.2, 0.25) is 0 Å². The molecule has 0 amide bonds. The fraction of sp³-hybridized carbons (Fsp3) is 0.0769. The van der Waals surface area contributed by atoms with Gasteiger partial charge >= 0.3 is 0 Å². The standard InChI is InChI=1S/C13H9F4NO2S/c14-9-1-2-13(12(17)6-9)21(19,20)18-7-8-3-10(15)5-11(16)4-8/h1-6,18H,7H2. The Morgan fingerprint density at radius 2 is 1.48 bits per heavy atom. The summed E-state index contributed by atoms with van der Waals surface area (Å²) in [5, 5.41) is 0. The van der Waals surface area contributed by atoms with Gasteiger partial charge in [-0.05, 0) is 29.8 Å². The molecule has 2 rings (SSSR count). The van der Waals surface area contributed by atoms with E-state index >= 15 is 0 Å². The van der Waals surface area contributed by atoms with Crippen molar-refractivity contribution >= 4 is 10.0 Å². The zero-order valence-corrected chi connectivity index (χ0v) is 11.2. The average Bonchev–Trinajstić information content (AvgIpc) is 2.35. The highest BCUT2D eigenvalue weighted by Crippen LogP contribution is 2.16. The first-order valence-electron chi connectivity index (χ1n) is 5.67. The summed E-state index contributed by atoms with van der Waals surface area (Å²) in [7, 11) is -4.27. The Hall–Kier alpha value is -1.93. The van der Waals surface area contributed by atoms with Crippen LogP contribution in [0.4, 0.5) is 17.6 Å². The number of hydrogen-bond acceptors (Lipinski definition) is 2. The smallest absolute Gasteiger partial charge is 0.207 e. The van der Waals surface area contributed by atoms with Gasteiger partial charge < -0.3 is 0 Å². The Labute approximate surface area is 118 Å². The third kappa shape index (κ3) is 3.79. The van der Waals surface area contributed by atoms with Gasteiger partial charge in [0.05, 0.1) is 0 Å². The lowest BCUT2D eigenvalue weighted by molar-refractivity contribution is 0.542. The number of nitrogens with one attached hydrogen (secondary N) is 1. The molecule has 0 aromatic heterocycles. The SMILES string of the molecule is O=S(=O)(NCc1cc(F)cc(F)c1)c1ccc(F)cc1F. The van der Waals surface area contributed by atoms with Gasteiger partial charge in [0.1, 0.15) is 28.2 Å². The van der Waals surface area contributed by atoms with E-state index in [0.717, 1.165) is 24.3 Å². The highest BCUT2D eigenvalue weighted by atomic mass is 32.2. The van der Waals surface area contributed by atoms with Crippen LogP contribution in [0, 0.1) is 23.3 Å². The maximum atomic E-state index is 13.4. The topological polar surface area (TPSA) is 46.2 Å². The Balaban J connectivity index is 2.21. The molecule has 0 saturated heterocycles. The fourth-order valence-electron chi connectivity index (χ4n) is 1.66. The van der Waals surface area contributed by atoms with Crippen LogP contribution < -0.4 is 4.72 Å². The Kier molecular flexibility index (Phi) is 4.29. The highest BCUT2D eigenvalue weighted by molar-refractivity contribution is 7.89. The van der Waals surface area contributed by atoms with E-state index in [1.807, 2.05) is 4.72 Å². The molecule has 0 spiro atoms. The quantitative estimate of drug-likeness (QED) is 0.881.